The first-order valence-electron chi connectivity index (χ1n) is 8.80. The molecule has 6 nitrogen and oxygen atoms in total. The van der Waals surface area contributed by atoms with Crippen LogP contribution in [0.1, 0.15) is 25.1 Å². The normalized spacial score (nSPS) is 10.1. The monoisotopic (exact) mass is 368 g/mol. The number of pyridine rings is 1. The lowest BCUT2D eigenvalue weighted by Crippen LogP contribution is -2.19. The summed E-state index contributed by atoms with van der Waals surface area (Å²) in [4.78, 5) is 28.3. The first-order valence-corrected chi connectivity index (χ1v) is 8.80. The molecule has 0 atom stereocenters. The molecular weight excluding hydrogens is 344 g/mol. The Balaban J connectivity index is 2.30. The molecule has 0 aliphatic heterocycles. The summed E-state index contributed by atoms with van der Waals surface area (Å²) in [6, 6.07) is 9.69. The van der Waals surface area contributed by atoms with Crippen molar-refractivity contribution in [3.8, 4) is 11.1 Å². The van der Waals surface area contributed by atoms with Crippen LogP contribution in [0.25, 0.3) is 11.1 Å². The van der Waals surface area contributed by atoms with E-state index < -0.39 is 11.9 Å². The lowest BCUT2D eigenvalue weighted by Gasteiger charge is -2.10. The van der Waals surface area contributed by atoms with Crippen molar-refractivity contribution in [1.29, 1.82) is 0 Å². The minimum atomic E-state index is -0.722. The lowest BCUT2D eigenvalue weighted by atomic mass is 10.0. The Kier molecular flexibility index (Phi) is 7.11. The number of aryl methyl sites for hydroxylation is 2. The second-order valence-electron chi connectivity index (χ2n) is 5.86. The summed E-state index contributed by atoms with van der Waals surface area (Å²) in [5.41, 5.74) is 4.62. The van der Waals surface area contributed by atoms with Crippen molar-refractivity contribution in [2.45, 2.75) is 27.7 Å². The Hall–Kier alpha value is -3.15. The number of aromatic nitrogens is 1. The van der Waals surface area contributed by atoms with Crippen LogP contribution in [-0.4, -0.2) is 30.1 Å². The second kappa shape index (κ2) is 9.52. The van der Waals surface area contributed by atoms with Gasteiger partial charge in [0.2, 0.25) is 0 Å². The van der Waals surface area contributed by atoms with Crippen molar-refractivity contribution in [3.63, 3.8) is 0 Å². The summed E-state index contributed by atoms with van der Waals surface area (Å²) in [5.74, 6) is -1.44. The maximum Gasteiger partial charge on any atom is 0.347 e. The van der Waals surface area contributed by atoms with Crippen molar-refractivity contribution >= 4 is 17.6 Å². The van der Waals surface area contributed by atoms with Crippen LogP contribution in [0.4, 0.5) is 5.69 Å². The maximum atomic E-state index is 12.0. The number of carbonyl (C=O) groups is 2. The Morgan fingerprint density at radius 1 is 1.07 bits per heavy atom. The molecular formula is C21H24N2O4. The van der Waals surface area contributed by atoms with E-state index >= 15 is 0 Å². The average Bonchev–Trinajstić information content (AvgIpc) is 2.64. The quantitative estimate of drug-likeness (QED) is 0.347. The highest BCUT2D eigenvalue weighted by molar-refractivity contribution is 6.14. The van der Waals surface area contributed by atoms with Crippen molar-refractivity contribution in [1.82, 2.24) is 4.98 Å². The fourth-order valence-electron chi connectivity index (χ4n) is 2.49. The van der Waals surface area contributed by atoms with E-state index in [1.807, 2.05) is 50.4 Å². The minimum Gasteiger partial charge on any atom is -0.462 e. The van der Waals surface area contributed by atoms with E-state index in [-0.39, 0.29) is 18.8 Å². The number of hydrogen-bond acceptors (Lipinski definition) is 6. The van der Waals surface area contributed by atoms with Gasteiger partial charge in [0.25, 0.3) is 0 Å². The summed E-state index contributed by atoms with van der Waals surface area (Å²) in [6.07, 6.45) is 3.16. The van der Waals surface area contributed by atoms with Crippen LogP contribution in [0.2, 0.25) is 0 Å². The van der Waals surface area contributed by atoms with Crippen molar-refractivity contribution < 1.29 is 19.1 Å². The lowest BCUT2D eigenvalue weighted by molar-refractivity contribution is -0.146. The Bertz CT molecular complexity index is 839. The van der Waals surface area contributed by atoms with E-state index in [0.29, 0.717) is 0 Å². The molecule has 0 bridgehead atoms. The van der Waals surface area contributed by atoms with Gasteiger partial charge in [-0.1, -0.05) is 12.1 Å². The number of hydrogen-bond donors (Lipinski definition) is 1. The molecule has 0 aliphatic carbocycles. The molecule has 0 unspecified atom stereocenters. The predicted molar refractivity (Wildman–Crippen MR) is 104 cm³/mol. The third-order valence-electron chi connectivity index (χ3n) is 3.79. The number of benzene rings is 1. The summed E-state index contributed by atoms with van der Waals surface area (Å²) >= 11 is 0. The molecule has 6 heteroatoms. The zero-order chi connectivity index (χ0) is 19.8. The molecule has 0 fully saturated rings. The number of ether oxygens (including phenoxy) is 2. The predicted octanol–water partition coefficient (Wildman–Crippen LogP) is 3.79. The highest BCUT2D eigenvalue weighted by Gasteiger charge is 2.20. The van der Waals surface area contributed by atoms with E-state index in [4.69, 9.17) is 9.47 Å². The van der Waals surface area contributed by atoms with Crippen LogP contribution in [-0.2, 0) is 19.1 Å². The molecule has 2 aromatic rings. The Morgan fingerprint density at radius 3 is 2.37 bits per heavy atom. The van der Waals surface area contributed by atoms with Gasteiger partial charge in [0.15, 0.2) is 5.57 Å². The highest BCUT2D eigenvalue weighted by Crippen LogP contribution is 2.26. The molecule has 0 amide bonds. The van der Waals surface area contributed by atoms with Gasteiger partial charge in [0.1, 0.15) is 0 Å². The number of nitrogens with one attached hydrogen (secondary N) is 1. The number of rotatable bonds is 7. The van der Waals surface area contributed by atoms with Crippen molar-refractivity contribution in [2.75, 3.05) is 18.5 Å². The van der Waals surface area contributed by atoms with Crippen molar-refractivity contribution in [2.24, 2.45) is 0 Å². The van der Waals surface area contributed by atoms with Gasteiger partial charge in [-0.3, -0.25) is 4.98 Å². The van der Waals surface area contributed by atoms with E-state index in [0.717, 1.165) is 28.1 Å². The summed E-state index contributed by atoms with van der Waals surface area (Å²) in [6.45, 7) is 7.64. The molecule has 1 N–H and O–H groups in total. The fourth-order valence-corrected chi connectivity index (χ4v) is 2.49. The number of carbonyl (C=O) groups excluding carboxylic acids is 2. The molecule has 0 saturated carbocycles. The largest absolute Gasteiger partial charge is 0.462 e. The first-order chi connectivity index (χ1) is 13.0. The van der Waals surface area contributed by atoms with Crippen LogP contribution < -0.4 is 5.32 Å². The van der Waals surface area contributed by atoms with Gasteiger partial charge in [-0.05, 0) is 62.6 Å². The highest BCUT2D eigenvalue weighted by atomic mass is 16.6. The molecule has 0 saturated heterocycles. The van der Waals surface area contributed by atoms with Gasteiger partial charge < -0.3 is 14.8 Å². The van der Waals surface area contributed by atoms with Gasteiger partial charge >= 0.3 is 11.9 Å². The third-order valence-corrected chi connectivity index (χ3v) is 3.79. The number of anilines is 1. The van der Waals surface area contributed by atoms with Crippen molar-refractivity contribution in [3.05, 3.63) is 59.6 Å². The Morgan fingerprint density at radius 2 is 1.74 bits per heavy atom. The minimum absolute atomic E-state index is 0.172. The molecule has 0 spiro atoms. The first kappa shape index (κ1) is 20.2. The number of esters is 2. The van der Waals surface area contributed by atoms with Crippen LogP contribution in [0.5, 0.6) is 0 Å². The summed E-state index contributed by atoms with van der Waals surface area (Å²) < 4.78 is 9.85. The van der Waals surface area contributed by atoms with Gasteiger partial charge in [-0.2, -0.15) is 0 Å². The summed E-state index contributed by atoms with van der Waals surface area (Å²) in [5, 5.41) is 2.99. The average molecular weight is 368 g/mol. The van der Waals surface area contributed by atoms with Gasteiger partial charge in [0, 0.05) is 23.8 Å². The molecule has 27 heavy (non-hydrogen) atoms. The Labute approximate surface area is 159 Å². The topological polar surface area (TPSA) is 77.5 Å². The third kappa shape index (κ3) is 5.41. The zero-order valence-electron chi connectivity index (χ0n) is 16.0. The van der Waals surface area contributed by atoms with E-state index in [9.17, 15) is 9.59 Å². The van der Waals surface area contributed by atoms with Gasteiger partial charge in [0.05, 0.1) is 13.2 Å². The number of nitrogens with zero attached hydrogens (tertiary/aromatic N) is 1. The van der Waals surface area contributed by atoms with Crippen LogP contribution >= 0.6 is 0 Å². The molecule has 0 radical (unpaired) electrons. The van der Waals surface area contributed by atoms with Crippen LogP contribution in [0.15, 0.2) is 48.3 Å². The molecule has 2 rings (SSSR count). The molecule has 0 aliphatic rings. The van der Waals surface area contributed by atoms with Gasteiger partial charge in [-0.15, -0.1) is 0 Å². The zero-order valence-corrected chi connectivity index (χ0v) is 16.0. The van der Waals surface area contributed by atoms with E-state index in [2.05, 4.69) is 10.3 Å². The molecule has 1 heterocycles. The van der Waals surface area contributed by atoms with Gasteiger partial charge in [-0.25, -0.2) is 9.59 Å². The fraction of sp³-hybridized carbons (Fsp3) is 0.286. The molecule has 1 aromatic carbocycles. The molecule has 142 valence electrons. The maximum absolute atomic E-state index is 12.0. The van der Waals surface area contributed by atoms with E-state index in [1.165, 1.54) is 6.20 Å². The van der Waals surface area contributed by atoms with Crippen LogP contribution in [0, 0.1) is 13.8 Å². The smallest absolute Gasteiger partial charge is 0.347 e. The second-order valence-corrected chi connectivity index (χ2v) is 5.86. The summed E-state index contributed by atoms with van der Waals surface area (Å²) in [7, 11) is 0. The standard InChI is InChI=1S/C21H24N2O4/c1-5-26-20(24)19(21(25)27-6-2)13-23-17-9-7-8-16(11-17)18-10-15(4)22-12-14(18)3/h7-13,23H,5-6H2,1-4H3. The van der Waals surface area contributed by atoms with E-state index in [1.54, 1.807) is 13.8 Å². The SMILES string of the molecule is CCOC(=O)C(=CNc1cccc(-c2cc(C)ncc2C)c1)C(=O)OCC. The molecule has 1 aromatic heterocycles. The van der Waals surface area contributed by atoms with Crippen LogP contribution in [0.3, 0.4) is 0 Å².